The minimum Gasteiger partial charge on any atom is -0.308 e. The molecule has 0 radical (unpaired) electrons. The Hall–Kier alpha value is -6.25. The molecule has 4 aromatic heterocycles. The maximum absolute atomic E-state index is 9.39. The summed E-state index contributed by atoms with van der Waals surface area (Å²) in [7, 11) is 0. The molecule has 44 heavy (non-hydrogen) atoms. The molecule has 202 valence electrons. The first-order valence-electron chi connectivity index (χ1n) is 14.7. The number of hydrogen-bond acceptors (Lipinski definition) is 3. The molecule has 10 aromatic rings. The van der Waals surface area contributed by atoms with Crippen LogP contribution in [0.5, 0.6) is 0 Å². The molecule has 6 aromatic carbocycles. The number of benzene rings is 6. The summed E-state index contributed by atoms with van der Waals surface area (Å²) < 4.78 is 4.66. The topological polar surface area (TPSA) is 58.9 Å². The Kier molecular flexibility index (Phi) is 4.46. The highest BCUT2D eigenvalue weighted by atomic mass is 15.2. The van der Waals surface area contributed by atoms with Gasteiger partial charge in [0, 0.05) is 43.3 Å². The summed E-state index contributed by atoms with van der Waals surface area (Å²) in [6.45, 7) is 0. The van der Waals surface area contributed by atoms with Crippen LogP contribution in [0, 0.1) is 11.3 Å². The van der Waals surface area contributed by atoms with E-state index in [1.807, 2.05) is 42.5 Å². The lowest BCUT2D eigenvalue weighted by Gasteiger charge is -2.12. The van der Waals surface area contributed by atoms with Crippen molar-refractivity contribution in [2.75, 3.05) is 0 Å². The Morgan fingerprint density at radius 1 is 0.523 bits per heavy atom. The van der Waals surface area contributed by atoms with Gasteiger partial charge in [0.15, 0.2) is 0 Å². The summed E-state index contributed by atoms with van der Waals surface area (Å²) in [6.07, 6.45) is 0. The van der Waals surface area contributed by atoms with Gasteiger partial charge < -0.3 is 4.40 Å². The van der Waals surface area contributed by atoms with E-state index in [9.17, 15) is 5.26 Å². The molecule has 0 spiro atoms. The molecule has 0 fully saturated rings. The van der Waals surface area contributed by atoms with Gasteiger partial charge in [0.05, 0.1) is 50.4 Å². The molecule has 0 saturated carbocycles. The van der Waals surface area contributed by atoms with Gasteiger partial charge in [-0.05, 0) is 42.5 Å². The Labute approximate surface area is 250 Å². The van der Waals surface area contributed by atoms with Crippen LogP contribution in [0.25, 0.3) is 88.0 Å². The van der Waals surface area contributed by atoms with Crippen LogP contribution in [0.15, 0.2) is 127 Å². The molecule has 0 aliphatic heterocycles. The second-order valence-electron chi connectivity index (χ2n) is 11.3. The van der Waals surface area contributed by atoms with Gasteiger partial charge >= 0.3 is 0 Å². The van der Waals surface area contributed by atoms with E-state index in [0.717, 1.165) is 33.2 Å². The maximum Gasteiger partial charge on any atom is 0.235 e. The van der Waals surface area contributed by atoms with Crippen molar-refractivity contribution in [2.45, 2.75) is 0 Å². The lowest BCUT2D eigenvalue weighted by atomic mass is 10.0. The minimum absolute atomic E-state index is 0.621. The van der Waals surface area contributed by atoms with E-state index in [1.54, 1.807) is 0 Å². The quantitative estimate of drug-likeness (QED) is 0.212. The Morgan fingerprint density at radius 2 is 1.14 bits per heavy atom. The number of para-hydroxylation sites is 4. The van der Waals surface area contributed by atoms with Gasteiger partial charge in [-0.15, -0.1) is 0 Å². The Bertz CT molecular complexity index is 2830. The second-order valence-corrected chi connectivity index (χ2v) is 11.3. The first-order chi connectivity index (χ1) is 21.8. The lowest BCUT2D eigenvalue weighted by Crippen LogP contribution is -2.03. The van der Waals surface area contributed by atoms with Gasteiger partial charge in [0.1, 0.15) is 0 Å². The number of rotatable bonds is 2. The molecule has 10 rings (SSSR count). The van der Waals surface area contributed by atoms with Crippen LogP contribution in [0.2, 0.25) is 0 Å². The van der Waals surface area contributed by atoms with Crippen LogP contribution >= 0.6 is 0 Å². The molecule has 4 heterocycles. The van der Waals surface area contributed by atoms with Gasteiger partial charge in [-0.3, -0.25) is 4.57 Å². The fraction of sp³-hybridized carbons (Fsp3) is 0. The standard InChI is InChI=1S/C39H21N5/c40-22-23-17-19-24(20-18-23)37-26-10-1-5-13-30(26)41-39(42-37)44-33-16-8-3-11-27(33)35-34(44)21-29-25-9-2-6-14-31(25)43-32-15-7-4-12-28(32)36(35)38(29)43/h1-21H. The second kappa shape index (κ2) is 8.41. The normalized spacial score (nSPS) is 12.1. The molecule has 0 amide bonds. The molecule has 0 atom stereocenters. The van der Waals surface area contributed by atoms with E-state index < -0.39 is 0 Å². The summed E-state index contributed by atoms with van der Waals surface area (Å²) in [5.74, 6) is 0.621. The predicted octanol–water partition coefficient (Wildman–Crippen LogP) is 9.42. The van der Waals surface area contributed by atoms with E-state index >= 15 is 0 Å². The largest absolute Gasteiger partial charge is 0.308 e. The van der Waals surface area contributed by atoms with Crippen molar-refractivity contribution in [3.63, 3.8) is 0 Å². The average Bonchev–Trinajstić information content (AvgIpc) is 3.72. The molecule has 0 aliphatic rings. The number of aromatic nitrogens is 4. The monoisotopic (exact) mass is 559 g/mol. The van der Waals surface area contributed by atoms with Crippen LogP contribution in [0.1, 0.15) is 5.56 Å². The Morgan fingerprint density at radius 3 is 1.89 bits per heavy atom. The van der Waals surface area contributed by atoms with Gasteiger partial charge in [-0.2, -0.15) is 5.26 Å². The third-order valence-corrected chi connectivity index (χ3v) is 9.09. The van der Waals surface area contributed by atoms with E-state index in [-0.39, 0.29) is 0 Å². The van der Waals surface area contributed by atoms with Crippen LogP contribution in [-0.4, -0.2) is 18.9 Å². The molecule has 0 unspecified atom stereocenters. The average molecular weight is 560 g/mol. The van der Waals surface area contributed by atoms with Crippen molar-refractivity contribution in [1.29, 1.82) is 5.26 Å². The third-order valence-electron chi connectivity index (χ3n) is 9.09. The van der Waals surface area contributed by atoms with E-state index in [2.05, 4.69) is 100.0 Å². The highest BCUT2D eigenvalue weighted by Crippen LogP contribution is 2.46. The molecular formula is C39H21N5. The van der Waals surface area contributed by atoms with Crippen LogP contribution in [-0.2, 0) is 0 Å². The maximum atomic E-state index is 9.39. The van der Waals surface area contributed by atoms with Gasteiger partial charge in [0.2, 0.25) is 5.95 Å². The molecular weight excluding hydrogens is 538 g/mol. The fourth-order valence-corrected chi connectivity index (χ4v) is 7.27. The van der Waals surface area contributed by atoms with Crippen LogP contribution < -0.4 is 0 Å². The molecule has 5 nitrogen and oxygen atoms in total. The summed E-state index contributed by atoms with van der Waals surface area (Å²) in [5.41, 5.74) is 9.09. The zero-order valence-corrected chi connectivity index (χ0v) is 23.4. The number of fused-ring (bicyclic) bond motifs is 11. The third kappa shape index (κ3) is 2.91. The Balaban J connectivity index is 1.41. The lowest BCUT2D eigenvalue weighted by molar-refractivity contribution is 1.01. The highest BCUT2D eigenvalue weighted by Gasteiger charge is 2.25. The fourth-order valence-electron chi connectivity index (χ4n) is 7.27. The molecule has 0 N–H and O–H groups in total. The van der Waals surface area contributed by atoms with Crippen molar-refractivity contribution in [3.05, 3.63) is 133 Å². The minimum atomic E-state index is 0.621. The van der Waals surface area contributed by atoms with Crippen molar-refractivity contribution in [1.82, 2.24) is 18.9 Å². The summed E-state index contributed by atoms with van der Waals surface area (Å²) in [4.78, 5) is 10.5. The van der Waals surface area contributed by atoms with Crippen LogP contribution in [0.3, 0.4) is 0 Å². The first-order valence-corrected chi connectivity index (χ1v) is 14.7. The van der Waals surface area contributed by atoms with Crippen molar-refractivity contribution in [3.8, 4) is 23.3 Å². The number of hydrogen-bond donors (Lipinski definition) is 0. The zero-order chi connectivity index (χ0) is 28.9. The first kappa shape index (κ1) is 23.3. The number of nitrogens with zero attached hydrogens (tertiary/aromatic N) is 5. The van der Waals surface area contributed by atoms with Crippen molar-refractivity contribution >= 4 is 70.8 Å². The molecule has 0 aliphatic carbocycles. The van der Waals surface area contributed by atoms with Crippen LogP contribution in [0.4, 0.5) is 0 Å². The molecule has 0 bridgehead atoms. The van der Waals surface area contributed by atoms with E-state index in [0.29, 0.717) is 11.5 Å². The van der Waals surface area contributed by atoms with Crippen molar-refractivity contribution < 1.29 is 0 Å². The van der Waals surface area contributed by atoms with Gasteiger partial charge in [-0.1, -0.05) is 84.9 Å². The van der Waals surface area contributed by atoms with Crippen molar-refractivity contribution in [2.24, 2.45) is 0 Å². The molecule has 0 saturated heterocycles. The SMILES string of the molecule is N#Cc1ccc(-c2nc(-n3c4ccccc4c4c5c6ccccc6n6c7ccccc7c(cc43)c56)nc3ccccc23)cc1. The van der Waals surface area contributed by atoms with Gasteiger partial charge in [-0.25, -0.2) is 9.97 Å². The zero-order valence-electron chi connectivity index (χ0n) is 23.4. The van der Waals surface area contributed by atoms with E-state index in [1.165, 1.54) is 48.9 Å². The predicted molar refractivity (Wildman–Crippen MR) is 179 cm³/mol. The summed E-state index contributed by atoms with van der Waals surface area (Å²) in [5, 5.41) is 17.7. The number of nitriles is 1. The van der Waals surface area contributed by atoms with E-state index in [4.69, 9.17) is 9.97 Å². The highest BCUT2D eigenvalue weighted by molar-refractivity contribution is 6.35. The summed E-state index contributed by atoms with van der Waals surface area (Å²) in [6, 6.07) is 46.3. The van der Waals surface area contributed by atoms with Gasteiger partial charge in [0.25, 0.3) is 0 Å². The molecule has 5 heteroatoms. The smallest absolute Gasteiger partial charge is 0.235 e. The summed E-state index contributed by atoms with van der Waals surface area (Å²) >= 11 is 0.